The Bertz CT molecular complexity index is 569. The second kappa shape index (κ2) is 6.31. The van der Waals surface area contributed by atoms with Crippen LogP contribution < -0.4 is 10.1 Å². The number of hydrogen-bond donors (Lipinski definition) is 2. The molecule has 100 valence electrons. The fraction of sp³-hybridized carbons (Fsp3) is 0.231. The number of nitrogens with one attached hydrogen (secondary N) is 1. The van der Waals surface area contributed by atoms with E-state index in [1.807, 2.05) is 12.1 Å². The van der Waals surface area contributed by atoms with E-state index in [0.29, 0.717) is 24.5 Å². The molecule has 0 amide bonds. The lowest BCUT2D eigenvalue weighted by molar-refractivity contribution is 0.0697. The van der Waals surface area contributed by atoms with Gasteiger partial charge in [0.25, 0.3) is 0 Å². The van der Waals surface area contributed by atoms with Crippen LogP contribution >= 0.6 is 11.3 Å². The van der Waals surface area contributed by atoms with Crippen molar-refractivity contribution >= 4 is 17.3 Å². The summed E-state index contributed by atoms with van der Waals surface area (Å²) in [7, 11) is 1.59. The molecule has 0 spiro atoms. The molecule has 0 unspecified atom stereocenters. The van der Waals surface area contributed by atoms with Gasteiger partial charge in [0.05, 0.1) is 12.7 Å². The zero-order chi connectivity index (χ0) is 13.7. The van der Waals surface area contributed by atoms with Gasteiger partial charge in [0, 0.05) is 35.1 Å². The number of aromatic nitrogens is 1. The van der Waals surface area contributed by atoms with E-state index in [9.17, 15) is 4.79 Å². The average molecular weight is 278 g/mol. The summed E-state index contributed by atoms with van der Waals surface area (Å²) >= 11 is 1.43. The van der Waals surface area contributed by atoms with E-state index >= 15 is 0 Å². The van der Waals surface area contributed by atoms with Gasteiger partial charge in [-0.2, -0.15) is 0 Å². The summed E-state index contributed by atoms with van der Waals surface area (Å²) in [5.41, 5.74) is 1.31. The number of carboxylic acids is 1. The zero-order valence-corrected chi connectivity index (χ0v) is 11.2. The van der Waals surface area contributed by atoms with Crippen molar-refractivity contribution in [3.05, 3.63) is 45.8 Å². The number of pyridine rings is 1. The Labute approximate surface area is 114 Å². The van der Waals surface area contributed by atoms with Gasteiger partial charge in [0.2, 0.25) is 5.88 Å². The Balaban J connectivity index is 1.90. The van der Waals surface area contributed by atoms with Crippen molar-refractivity contribution in [1.82, 2.24) is 10.3 Å². The predicted molar refractivity (Wildman–Crippen MR) is 72.6 cm³/mol. The number of aromatic carboxylic acids is 1. The molecule has 2 aromatic rings. The van der Waals surface area contributed by atoms with Gasteiger partial charge in [-0.05, 0) is 12.1 Å². The van der Waals surface area contributed by atoms with Crippen molar-refractivity contribution in [1.29, 1.82) is 0 Å². The minimum atomic E-state index is -0.892. The fourth-order valence-corrected chi connectivity index (χ4v) is 2.48. The van der Waals surface area contributed by atoms with Gasteiger partial charge in [-0.1, -0.05) is 6.07 Å². The van der Waals surface area contributed by atoms with Crippen LogP contribution in [0, 0.1) is 0 Å². The molecule has 2 N–H and O–H groups in total. The largest absolute Gasteiger partial charge is 0.481 e. The Kier molecular flexibility index (Phi) is 4.48. The molecule has 2 rings (SSSR count). The van der Waals surface area contributed by atoms with Gasteiger partial charge >= 0.3 is 5.97 Å². The molecule has 19 heavy (non-hydrogen) atoms. The Morgan fingerprint density at radius 3 is 3.05 bits per heavy atom. The Morgan fingerprint density at radius 2 is 2.37 bits per heavy atom. The molecule has 0 aromatic carbocycles. The minimum Gasteiger partial charge on any atom is -0.481 e. The molecule has 0 bridgehead atoms. The topological polar surface area (TPSA) is 71.5 Å². The van der Waals surface area contributed by atoms with E-state index in [-0.39, 0.29) is 0 Å². The molecule has 2 heterocycles. The van der Waals surface area contributed by atoms with E-state index in [4.69, 9.17) is 9.84 Å². The molecule has 0 aliphatic heterocycles. The second-order valence-electron chi connectivity index (χ2n) is 3.88. The van der Waals surface area contributed by atoms with Crippen molar-refractivity contribution in [2.75, 3.05) is 7.11 Å². The first-order chi connectivity index (χ1) is 9.20. The molecule has 0 radical (unpaired) electrons. The van der Waals surface area contributed by atoms with Crippen LogP contribution in [0.1, 0.15) is 20.8 Å². The quantitative estimate of drug-likeness (QED) is 0.847. The Morgan fingerprint density at radius 1 is 1.53 bits per heavy atom. The third-order valence-electron chi connectivity index (χ3n) is 2.56. The standard InChI is InChI=1S/C13H14N2O3S/c1-18-12-9(3-2-4-15-12)6-14-7-11-5-10(8-19-11)13(16)17/h2-5,8,14H,6-7H2,1H3,(H,16,17). The number of rotatable bonds is 6. The smallest absolute Gasteiger partial charge is 0.336 e. The minimum absolute atomic E-state index is 0.334. The molecule has 0 aliphatic rings. The molecule has 0 atom stereocenters. The molecule has 0 saturated carbocycles. The first-order valence-electron chi connectivity index (χ1n) is 5.70. The van der Waals surface area contributed by atoms with E-state index < -0.39 is 5.97 Å². The summed E-state index contributed by atoms with van der Waals surface area (Å²) in [5.74, 6) is -0.288. The maximum absolute atomic E-state index is 10.8. The number of nitrogens with zero attached hydrogens (tertiary/aromatic N) is 1. The lowest BCUT2D eigenvalue weighted by atomic mass is 10.2. The number of carboxylic acid groups (broad SMARTS) is 1. The number of thiophene rings is 1. The van der Waals surface area contributed by atoms with Crippen LogP contribution in [-0.2, 0) is 13.1 Å². The van der Waals surface area contributed by atoms with Gasteiger partial charge in [-0.3, -0.25) is 0 Å². The molecule has 0 saturated heterocycles. The van der Waals surface area contributed by atoms with Crippen LogP contribution in [0.3, 0.4) is 0 Å². The van der Waals surface area contributed by atoms with E-state index in [1.54, 1.807) is 24.8 Å². The van der Waals surface area contributed by atoms with Crippen molar-refractivity contribution in [3.8, 4) is 5.88 Å². The highest BCUT2D eigenvalue weighted by Crippen LogP contribution is 2.16. The summed E-state index contributed by atoms with van der Waals surface area (Å²) in [6, 6.07) is 5.48. The summed E-state index contributed by atoms with van der Waals surface area (Å²) in [5, 5.41) is 13.7. The lowest BCUT2D eigenvalue weighted by Crippen LogP contribution is -2.13. The third kappa shape index (κ3) is 3.52. The maximum atomic E-state index is 10.8. The van der Waals surface area contributed by atoms with Crippen molar-refractivity contribution in [2.24, 2.45) is 0 Å². The van der Waals surface area contributed by atoms with E-state index in [1.165, 1.54) is 11.3 Å². The Hall–Kier alpha value is -1.92. The maximum Gasteiger partial charge on any atom is 0.336 e. The molecule has 6 heteroatoms. The van der Waals surface area contributed by atoms with Gasteiger partial charge in [0.15, 0.2) is 0 Å². The molecule has 2 aromatic heterocycles. The zero-order valence-electron chi connectivity index (χ0n) is 10.4. The average Bonchev–Trinajstić information content (AvgIpc) is 2.88. The summed E-state index contributed by atoms with van der Waals surface area (Å²) in [4.78, 5) is 15.9. The van der Waals surface area contributed by atoms with E-state index in [2.05, 4.69) is 10.3 Å². The molecule has 0 aliphatic carbocycles. The highest BCUT2D eigenvalue weighted by atomic mass is 32.1. The normalized spacial score (nSPS) is 10.4. The van der Waals surface area contributed by atoms with Crippen LogP contribution in [0.5, 0.6) is 5.88 Å². The molecule has 5 nitrogen and oxygen atoms in total. The first-order valence-corrected chi connectivity index (χ1v) is 6.58. The fourth-order valence-electron chi connectivity index (χ4n) is 1.65. The second-order valence-corrected chi connectivity index (χ2v) is 4.88. The lowest BCUT2D eigenvalue weighted by Gasteiger charge is -2.07. The van der Waals surface area contributed by atoms with Crippen LogP contribution in [0.4, 0.5) is 0 Å². The summed E-state index contributed by atoms with van der Waals surface area (Å²) in [6.45, 7) is 1.24. The summed E-state index contributed by atoms with van der Waals surface area (Å²) < 4.78 is 5.16. The predicted octanol–water partition coefficient (Wildman–Crippen LogP) is 2.14. The summed E-state index contributed by atoms with van der Waals surface area (Å²) in [6.07, 6.45) is 1.68. The van der Waals surface area contributed by atoms with Crippen LogP contribution in [0.15, 0.2) is 29.8 Å². The monoisotopic (exact) mass is 278 g/mol. The van der Waals surface area contributed by atoms with Gasteiger partial charge in [0.1, 0.15) is 0 Å². The van der Waals surface area contributed by atoms with Gasteiger partial charge < -0.3 is 15.2 Å². The third-order valence-corrected chi connectivity index (χ3v) is 3.50. The molecular weight excluding hydrogens is 264 g/mol. The molecular formula is C13H14N2O3S. The highest BCUT2D eigenvalue weighted by Gasteiger charge is 2.07. The number of carbonyl (C=O) groups is 1. The van der Waals surface area contributed by atoms with E-state index in [0.717, 1.165) is 10.4 Å². The highest BCUT2D eigenvalue weighted by molar-refractivity contribution is 7.10. The van der Waals surface area contributed by atoms with Crippen LogP contribution in [0.25, 0.3) is 0 Å². The SMILES string of the molecule is COc1ncccc1CNCc1cc(C(=O)O)cs1. The van der Waals surface area contributed by atoms with Gasteiger partial charge in [-0.15, -0.1) is 11.3 Å². The first kappa shape index (κ1) is 13.5. The number of hydrogen-bond acceptors (Lipinski definition) is 5. The number of methoxy groups -OCH3 is 1. The van der Waals surface area contributed by atoms with Crippen LogP contribution in [0.2, 0.25) is 0 Å². The van der Waals surface area contributed by atoms with Crippen molar-refractivity contribution < 1.29 is 14.6 Å². The number of ether oxygens (including phenoxy) is 1. The van der Waals surface area contributed by atoms with Crippen molar-refractivity contribution in [3.63, 3.8) is 0 Å². The van der Waals surface area contributed by atoms with Crippen LogP contribution in [-0.4, -0.2) is 23.2 Å². The van der Waals surface area contributed by atoms with Gasteiger partial charge in [-0.25, -0.2) is 9.78 Å². The molecule has 0 fully saturated rings. The van der Waals surface area contributed by atoms with Crippen molar-refractivity contribution in [2.45, 2.75) is 13.1 Å².